The van der Waals surface area contributed by atoms with Crippen LogP contribution in [0.2, 0.25) is 0 Å². The minimum absolute atomic E-state index is 0.0849. The van der Waals surface area contributed by atoms with Gasteiger partial charge in [0.25, 0.3) is 5.91 Å². The third kappa shape index (κ3) is 8.45. The summed E-state index contributed by atoms with van der Waals surface area (Å²) in [5.74, 6) is -3.01. The predicted octanol–water partition coefficient (Wildman–Crippen LogP) is 5.40. The number of halogens is 3. The molecule has 14 heteroatoms. The number of H-pyrrole nitrogens is 1. The quantitative estimate of drug-likeness (QED) is 0.106. The number of ether oxygens (including phenoxy) is 2. The second kappa shape index (κ2) is 14.8. The first-order valence-corrected chi connectivity index (χ1v) is 14.0. The highest BCUT2D eigenvalue weighted by Crippen LogP contribution is 2.32. The fraction of sp³-hybridized carbons (Fsp3) is 0.156. The van der Waals surface area contributed by atoms with E-state index in [2.05, 4.69) is 30.9 Å². The van der Waals surface area contributed by atoms with E-state index in [1.165, 1.54) is 60.9 Å². The third-order valence-electron chi connectivity index (χ3n) is 6.50. The fourth-order valence-corrected chi connectivity index (χ4v) is 4.33. The summed E-state index contributed by atoms with van der Waals surface area (Å²) < 4.78 is 53.0. The van der Waals surface area contributed by atoms with Crippen LogP contribution in [0.15, 0.2) is 79.1 Å². The third-order valence-corrected chi connectivity index (χ3v) is 6.50. The Morgan fingerprint density at radius 1 is 0.891 bits per heavy atom. The molecule has 5 aromatic rings. The van der Waals surface area contributed by atoms with Crippen molar-refractivity contribution in [2.45, 2.75) is 19.4 Å². The number of hydrogen-bond donors (Lipinski definition) is 4. The maximum Gasteiger partial charge on any atom is 0.325 e. The predicted molar refractivity (Wildman–Crippen MR) is 161 cm³/mol. The van der Waals surface area contributed by atoms with Gasteiger partial charge in [-0.15, -0.1) is 0 Å². The van der Waals surface area contributed by atoms with Gasteiger partial charge < -0.3 is 25.1 Å². The van der Waals surface area contributed by atoms with Gasteiger partial charge in [-0.25, -0.2) is 23.5 Å². The van der Waals surface area contributed by atoms with Crippen molar-refractivity contribution in [1.29, 1.82) is 0 Å². The van der Waals surface area contributed by atoms with Gasteiger partial charge in [0, 0.05) is 43.0 Å². The first kappa shape index (κ1) is 31.7. The Bertz CT molecular complexity index is 1870. The first-order chi connectivity index (χ1) is 22.2. The van der Waals surface area contributed by atoms with E-state index in [4.69, 9.17) is 9.47 Å². The number of carbonyl (C=O) groups is 3. The van der Waals surface area contributed by atoms with Gasteiger partial charge in [0.1, 0.15) is 17.2 Å². The number of nitrogens with zero attached hydrogens (tertiary/aromatic N) is 2. The maximum atomic E-state index is 14.9. The highest BCUT2D eigenvalue weighted by Gasteiger charge is 2.15. The van der Waals surface area contributed by atoms with Crippen molar-refractivity contribution < 1.29 is 37.0 Å². The van der Waals surface area contributed by atoms with Crippen LogP contribution in [0.3, 0.4) is 0 Å². The standard InChI is InChI=1S/C32H27F3N6O5/c33-20-6-4-19(5-7-20)15-28(42)41-32(44)40-21-8-9-27(25(34)17-21)46-26-10-13-37-30-24(26)16-22(39-30)18-45-14-2-12-38-31(43)23-3-1-11-36-29(23)35/h1,3-11,13,16-17H,2,12,14-15,18H2,(H,37,39)(H,38,43)(H2,40,41,42,44). The fourth-order valence-electron chi connectivity index (χ4n) is 4.33. The number of imide groups is 1. The Balaban J connectivity index is 1.10. The molecule has 0 bridgehead atoms. The number of hydrogen-bond acceptors (Lipinski definition) is 7. The number of amides is 4. The van der Waals surface area contributed by atoms with Crippen molar-refractivity contribution in [3.63, 3.8) is 0 Å². The van der Waals surface area contributed by atoms with Crippen LogP contribution in [0.4, 0.5) is 23.7 Å². The molecule has 3 heterocycles. The lowest BCUT2D eigenvalue weighted by Crippen LogP contribution is -2.35. The van der Waals surface area contributed by atoms with Gasteiger partial charge in [0.15, 0.2) is 11.6 Å². The Labute approximate surface area is 260 Å². The molecule has 0 aliphatic rings. The number of nitrogens with one attached hydrogen (secondary N) is 4. The molecule has 11 nitrogen and oxygen atoms in total. The zero-order chi connectivity index (χ0) is 32.5. The lowest BCUT2D eigenvalue weighted by Gasteiger charge is -2.10. The zero-order valence-corrected chi connectivity index (χ0v) is 24.1. The lowest BCUT2D eigenvalue weighted by molar-refractivity contribution is -0.119. The minimum Gasteiger partial charge on any atom is -0.453 e. The van der Waals surface area contributed by atoms with Gasteiger partial charge in [-0.3, -0.25) is 14.9 Å². The molecule has 46 heavy (non-hydrogen) atoms. The first-order valence-electron chi connectivity index (χ1n) is 14.0. The summed E-state index contributed by atoms with van der Waals surface area (Å²) in [6.45, 7) is 0.789. The molecule has 3 aromatic heterocycles. The Morgan fingerprint density at radius 2 is 1.72 bits per heavy atom. The summed E-state index contributed by atoms with van der Waals surface area (Å²) in [6.07, 6.45) is 3.10. The van der Waals surface area contributed by atoms with Gasteiger partial charge >= 0.3 is 6.03 Å². The van der Waals surface area contributed by atoms with E-state index in [9.17, 15) is 27.6 Å². The highest BCUT2D eigenvalue weighted by molar-refractivity contribution is 6.01. The van der Waals surface area contributed by atoms with Crippen molar-refractivity contribution in [2.24, 2.45) is 0 Å². The second-order valence-corrected chi connectivity index (χ2v) is 9.92. The zero-order valence-electron chi connectivity index (χ0n) is 24.1. The summed E-state index contributed by atoms with van der Waals surface area (Å²) >= 11 is 0. The molecular formula is C32H27F3N6O5. The van der Waals surface area contributed by atoms with Gasteiger partial charge in [0.05, 0.1) is 24.0 Å². The van der Waals surface area contributed by atoms with E-state index >= 15 is 0 Å². The Kier molecular flexibility index (Phi) is 10.2. The van der Waals surface area contributed by atoms with E-state index in [1.54, 1.807) is 12.1 Å². The second-order valence-electron chi connectivity index (χ2n) is 9.92. The molecule has 0 aliphatic carbocycles. The van der Waals surface area contributed by atoms with Gasteiger partial charge in [-0.2, -0.15) is 4.39 Å². The molecule has 236 valence electrons. The topological polar surface area (TPSA) is 147 Å². The number of urea groups is 1. The molecular weight excluding hydrogens is 605 g/mol. The molecule has 0 fully saturated rings. The van der Waals surface area contributed by atoms with E-state index in [0.29, 0.717) is 41.1 Å². The number of aromatic amines is 1. The maximum absolute atomic E-state index is 14.9. The van der Waals surface area contributed by atoms with E-state index < -0.39 is 35.4 Å². The van der Waals surface area contributed by atoms with Crippen molar-refractivity contribution in [3.8, 4) is 11.5 Å². The average Bonchev–Trinajstić information content (AvgIpc) is 3.45. The summed E-state index contributed by atoms with van der Waals surface area (Å²) in [4.78, 5) is 47.2. The normalized spacial score (nSPS) is 10.8. The van der Waals surface area contributed by atoms with Gasteiger partial charge in [0.2, 0.25) is 11.9 Å². The van der Waals surface area contributed by atoms with Crippen LogP contribution in [0.5, 0.6) is 11.5 Å². The smallest absolute Gasteiger partial charge is 0.325 e. The molecule has 0 atom stereocenters. The number of carbonyl (C=O) groups excluding carboxylic acids is 3. The van der Waals surface area contributed by atoms with Crippen LogP contribution in [-0.4, -0.2) is 45.9 Å². The van der Waals surface area contributed by atoms with Crippen molar-refractivity contribution in [1.82, 2.24) is 25.6 Å². The Morgan fingerprint density at radius 3 is 2.50 bits per heavy atom. The molecule has 0 saturated heterocycles. The SMILES string of the molecule is O=C(Cc1ccc(F)cc1)NC(=O)Nc1ccc(Oc2ccnc3[nH]c(COCCCNC(=O)c4cccnc4F)cc23)c(F)c1. The summed E-state index contributed by atoms with van der Waals surface area (Å²) in [7, 11) is 0. The number of fused-ring (bicyclic) bond motifs is 1. The number of pyridine rings is 2. The number of benzene rings is 2. The summed E-state index contributed by atoms with van der Waals surface area (Å²) in [5.41, 5.74) is 1.64. The molecule has 5 rings (SSSR count). The van der Waals surface area contributed by atoms with Crippen molar-refractivity contribution in [2.75, 3.05) is 18.5 Å². The molecule has 0 aliphatic heterocycles. The average molecular weight is 633 g/mol. The monoisotopic (exact) mass is 632 g/mol. The van der Waals surface area contributed by atoms with Gasteiger partial charge in [-0.05, 0) is 60.5 Å². The lowest BCUT2D eigenvalue weighted by atomic mass is 10.1. The molecule has 4 amide bonds. The van der Waals surface area contributed by atoms with Crippen LogP contribution in [0.1, 0.15) is 28.0 Å². The minimum atomic E-state index is -0.858. The Hall–Kier alpha value is -5.76. The van der Waals surface area contributed by atoms with E-state index in [1.807, 2.05) is 0 Å². The highest BCUT2D eigenvalue weighted by atomic mass is 19.1. The molecule has 0 unspecified atom stereocenters. The van der Waals surface area contributed by atoms with E-state index in [-0.39, 0.29) is 36.6 Å². The van der Waals surface area contributed by atoms with Crippen LogP contribution in [0.25, 0.3) is 11.0 Å². The summed E-state index contributed by atoms with van der Waals surface area (Å²) in [5, 5.41) is 7.71. The summed E-state index contributed by atoms with van der Waals surface area (Å²) in [6, 6.07) is 14.4. The number of anilines is 1. The largest absolute Gasteiger partial charge is 0.453 e. The van der Waals surface area contributed by atoms with Crippen LogP contribution in [0, 0.1) is 17.6 Å². The van der Waals surface area contributed by atoms with Gasteiger partial charge in [-0.1, -0.05) is 12.1 Å². The molecule has 0 saturated carbocycles. The molecule has 0 spiro atoms. The molecule has 4 N–H and O–H groups in total. The van der Waals surface area contributed by atoms with Crippen molar-refractivity contribution >= 4 is 34.6 Å². The number of rotatable bonds is 12. The number of aromatic nitrogens is 3. The molecule has 2 aromatic carbocycles. The van der Waals surface area contributed by atoms with Crippen LogP contribution in [-0.2, 0) is 22.6 Å². The molecule has 0 radical (unpaired) electrons. The van der Waals surface area contributed by atoms with Crippen LogP contribution < -0.4 is 20.7 Å². The van der Waals surface area contributed by atoms with Crippen molar-refractivity contribution in [3.05, 3.63) is 114 Å². The van der Waals surface area contributed by atoms with E-state index in [0.717, 1.165) is 6.07 Å². The van der Waals surface area contributed by atoms with Crippen LogP contribution >= 0.6 is 0 Å².